The van der Waals surface area contributed by atoms with Crippen LogP contribution in [0.1, 0.15) is 25.0 Å². The second-order valence-electron chi connectivity index (χ2n) is 5.57. The summed E-state index contributed by atoms with van der Waals surface area (Å²) >= 11 is 0. The fourth-order valence-electron chi connectivity index (χ4n) is 2.25. The molecular weight excluding hydrogens is 344 g/mol. The van der Waals surface area contributed by atoms with Crippen LogP contribution in [0.4, 0.5) is 0 Å². The van der Waals surface area contributed by atoms with Crippen molar-refractivity contribution in [3.63, 3.8) is 0 Å². The predicted octanol–water partition coefficient (Wildman–Crippen LogP) is 3.97. The average molecular weight is 366 g/mol. The molecule has 1 aromatic rings. The molecule has 0 unspecified atom stereocenters. The molecule has 2 aliphatic carbocycles. The standard InChI is InChI=1S/C15H17O3.C5H5.Fe/c1-9(2)18-15-13(11-6-4-5-7-11)12(16)8-10(3)14(15)17;1-2-4-5-3-1;/h4-9,16-17H,1-3H3;1-5H;/q;;+2. The van der Waals surface area contributed by atoms with Gasteiger partial charge in [0.25, 0.3) is 0 Å². The van der Waals surface area contributed by atoms with Crippen LogP contribution in [-0.4, -0.2) is 16.3 Å². The summed E-state index contributed by atoms with van der Waals surface area (Å²) < 4.78 is 5.65. The number of hydrogen-bond acceptors (Lipinski definition) is 3. The van der Waals surface area contributed by atoms with Gasteiger partial charge in [0, 0.05) is 11.5 Å². The molecule has 0 saturated heterocycles. The van der Waals surface area contributed by atoms with E-state index in [1.165, 1.54) is 0 Å². The van der Waals surface area contributed by atoms with E-state index in [4.69, 9.17) is 4.74 Å². The molecule has 10 radical (unpaired) electrons. The molecule has 0 aliphatic heterocycles. The summed E-state index contributed by atoms with van der Waals surface area (Å²) in [6.45, 7) is 5.50. The fourth-order valence-corrected chi connectivity index (χ4v) is 2.25. The van der Waals surface area contributed by atoms with Gasteiger partial charge in [-0.25, -0.2) is 0 Å². The van der Waals surface area contributed by atoms with Crippen molar-refractivity contribution < 1.29 is 32.0 Å². The number of rotatable bonds is 3. The van der Waals surface area contributed by atoms with Crippen LogP contribution in [-0.2, 0) is 17.1 Å². The van der Waals surface area contributed by atoms with Crippen molar-refractivity contribution in [3.8, 4) is 17.2 Å². The van der Waals surface area contributed by atoms with E-state index in [1.807, 2.05) is 71.6 Å². The van der Waals surface area contributed by atoms with E-state index in [0.717, 1.165) is 5.92 Å². The molecule has 3 nitrogen and oxygen atoms in total. The molecule has 0 aromatic heterocycles. The third-order valence-electron chi connectivity index (χ3n) is 3.29. The van der Waals surface area contributed by atoms with Gasteiger partial charge in [-0.1, -0.05) is 0 Å². The quantitative estimate of drug-likeness (QED) is 0.629. The maximum atomic E-state index is 10.1. The second-order valence-corrected chi connectivity index (χ2v) is 5.57. The molecule has 2 aliphatic rings. The Kier molecular flexibility index (Phi) is 9.01. The van der Waals surface area contributed by atoms with Crippen LogP contribution >= 0.6 is 0 Å². The molecule has 0 spiro atoms. The number of hydrogen-bond donors (Lipinski definition) is 2. The van der Waals surface area contributed by atoms with Gasteiger partial charge < -0.3 is 14.9 Å². The molecule has 0 amide bonds. The minimum absolute atomic E-state index is 0. The van der Waals surface area contributed by atoms with Crippen molar-refractivity contribution in [1.82, 2.24) is 0 Å². The van der Waals surface area contributed by atoms with E-state index >= 15 is 0 Å². The van der Waals surface area contributed by atoms with Gasteiger partial charge in [0.1, 0.15) is 5.75 Å². The van der Waals surface area contributed by atoms with E-state index in [0.29, 0.717) is 16.9 Å². The maximum absolute atomic E-state index is 10.1. The van der Waals surface area contributed by atoms with Gasteiger partial charge in [0.2, 0.25) is 0 Å². The Hall–Kier alpha value is -0.861. The third-order valence-corrected chi connectivity index (χ3v) is 3.29. The largest absolute Gasteiger partial charge is 2.00 e. The smallest absolute Gasteiger partial charge is 0.507 e. The summed E-state index contributed by atoms with van der Waals surface area (Å²) in [5, 5.41) is 20.2. The van der Waals surface area contributed by atoms with E-state index in [2.05, 4.69) is 0 Å². The third kappa shape index (κ3) is 5.60. The van der Waals surface area contributed by atoms with Gasteiger partial charge in [-0.2, -0.15) is 0 Å². The van der Waals surface area contributed by atoms with Crippen molar-refractivity contribution >= 4 is 0 Å². The van der Waals surface area contributed by atoms with Crippen molar-refractivity contribution in [1.29, 1.82) is 0 Å². The van der Waals surface area contributed by atoms with Gasteiger partial charge in [0.05, 0.1) is 6.10 Å². The number of phenolic OH excluding ortho intramolecular Hbond substituents is 2. The molecule has 24 heavy (non-hydrogen) atoms. The minimum Gasteiger partial charge on any atom is -0.507 e. The zero-order valence-corrected chi connectivity index (χ0v) is 15.1. The van der Waals surface area contributed by atoms with Crippen molar-refractivity contribution in [2.24, 2.45) is 0 Å². The van der Waals surface area contributed by atoms with Crippen LogP contribution in [0.2, 0.25) is 0 Å². The summed E-state index contributed by atoms with van der Waals surface area (Å²) in [5.41, 5.74) is 1.13. The Morgan fingerprint density at radius 2 is 1.38 bits per heavy atom. The molecule has 0 heterocycles. The summed E-state index contributed by atoms with van der Waals surface area (Å²) in [6, 6.07) is 1.55. The monoisotopic (exact) mass is 366 g/mol. The second kappa shape index (κ2) is 10.2. The van der Waals surface area contributed by atoms with Crippen molar-refractivity contribution in [3.05, 3.63) is 80.9 Å². The molecular formula is C20H22FeO3+2. The first-order valence-electron chi connectivity index (χ1n) is 7.61. The summed E-state index contributed by atoms with van der Waals surface area (Å²) in [6.07, 6.45) is 17.4. The van der Waals surface area contributed by atoms with E-state index in [-0.39, 0.29) is 34.7 Å². The number of aryl methyl sites for hydroxylation is 1. The van der Waals surface area contributed by atoms with Gasteiger partial charge in [-0.15, -0.1) is 0 Å². The maximum Gasteiger partial charge on any atom is 2.00 e. The number of benzene rings is 1. The van der Waals surface area contributed by atoms with E-state index in [1.54, 1.807) is 13.0 Å². The van der Waals surface area contributed by atoms with Crippen molar-refractivity contribution in [2.45, 2.75) is 26.9 Å². The first-order chi connectivity index (χ1) is 11.0. The number of phenols is 2. The van der Waals surface area contributed by atoms with E-state index < -0.39 is 0 Å². The minimum atomic E-state index is -0.0780. The van der Waals surface area contributed by atoms with Crippen LogP contribution in [0.5, 0.6) is 17.2 Å². The van der Waals surface area contributed by atoms with Gasteiger partial charge >= 0.3 is 17.1 Å². The normalized spacial score (nSPS) is 17.3. The topological polar surface area (TPSA) is 49.7 Å². The Balaban J connectivity index is 0.000000412. The Labute approximate surface area is 157 Å². The van der Waals surface area contributed by atoms with Crippen LogP contribution < -0.4 is 4.74 Å². The predicted molar refractivity (Wildman–Crippen MR) is 91.3 cm³/mol. The number of aromatic hydroxyl groups is 2. The Morgan fingerprint density at radius 1 is 0.875 bits per heavy atom. The van der Waals surface area contributed by atoms with E-state index in [9.17, 15) is 10.2 Å². The molecule has 4 heteroatoms. The molecule has 0 atom stereocenters. The average Bonchev–Trinajstić information content (AvgIpc) is 3.19. The van der Waals surface area contributed by atoms with Crippen LogP contribution in [0.3, 0.4) is 0 Å². The zero-order chi connectivity index (χ0) is 16.8. The SMILES string of the molecule is Cc1cc(O)c([C]2[CH][CH][CH][CH]2)c(OC(C)C)c1O.[CH]1[CH][CH][CH][CH]1.[Fe+2]. The Bertz CT molecular complexity index is 496. The molecule has 126 valence electrons. The first-order valence-corrected chi connectivity index (χ1v) is 7.61. The summed E-state index contributed by atoms with van der Waals surface area (Å²) in [4.78, 5) is 0. The number of ether oxygens (including phenoxy) is 1. The molecule has 2 saturated carbocycles. The molecule has 0 bridgehead atoms. The summed E-state index contributed by atoms with van der Waals surface area (Å²) in [7, 11) is 0. The molecule has 3 rings (SSSR count). The molecule has 1 aromatic carbocycles. The fraction of sp³-hybridized carbons (Fsp3) is 0.200. The van der Waals surface area contributed by atoms with Crippen molar-refractivity contribution in [2.75, 3.05) is 0 Å². The molecule has 2 N–H and O–H groups in total. The molecule has 2 fully saturated rings. The van der Waals surface area contributed by atoms with Crippen LogP contribution in [0.15, 0.2) is 6.07 Å². The first kappa shape index (κ1) is 21.2. The summed E-state index contributed by atoms with van der Waals surface area (Å²) in [5.74, 6) is 1.37. The van der Waals surface area contributed by atoms with Gasteiger partial charge in [0.15, 0.2) is 11.5 Å². The van der Waals surface area contributed by atoms with Gasteiger partial charge in [-0.3, -0.25) is 0 Å². The zero-order valence-electron chi connectivity index (χ0n) is 14.0. The van der Waals surface area contributed by atoms with Crippen LogP contribution in [0.25, 0.3) is 0 Å². The Morgan fingerprint density at radius 3 is 1.83 bits per heavy atom. The van der Waals surface area contributed by atoms with Crippen LogP contribution in [0, 0.1) is 70.6 Å². The van der Waals surface area contributed by atoms with Gasteiger partial charge in [-0.05, 0) is 90.2 Å².